The molecule has 2 aliphatic carbocycles. The molecule has 8 atom stereocenters. The lowest BCUT2D eigenvalue weighted by Gasteiger charge is -2.46. The van der Waals surface area contributed by atoms with Crippen LogP contribution in [0.2, 0.25) is 0 Å². The molecule has 1 spiro atoms. The molecule has 0 unspecified atom stereocenters. The largest absolute Gasteiger partial charge is 0.365 e. The first-order valence-corrected chi connectivity index (χ1v) is 14.1. The lowest BCUT2D eigenvalue weighted by molar-refractivity contribution is -0.149. The Labute approximate surface area is 228 Å². The number of Topliss-reactive ketones (excluding diaryl/α,β-unsaturated/α-hetero) is 3. The molecule has 2 saturated heterocycles. The van der Waals surface area contributed by atoms with Crippen LogP contribution in [0.1, 0.15) is 52.5 Å². The molecule has 7 heteroatoms. The molecule has 2 aromatic rings. The average Bonchev–Trinajstić information content (AvgIpc) is 3.31. The number of aromatic nitrogens is 1. The van der Waals surface area contributed by atoms with Crippen molar-refractivity contribution in [3.8, 4) is 0 Å². The Bertz CT molecular complexity index is 1450. The Kier molecular flexibility index (Phi) is 6.06. The number of benzene rings is 1. The third kappa shape index (κ3) is 3.80. The van der Waals surface area contributed by atoms with E-state index < -0.39 is 28.5 Å². The van der Waals surface area contributed by atoms with E-state index in [0.29, 0.717) is 18.4 Å². The van der Waals surface area contributed by atoms with Gasteiger partial charge in [-0.05, 0) is 55.7 Å². The molecule has 1 aromatic heterocycles. The predicted molar refractivity (Wildman–Crippen MR) is 147 cm³/mol. The Hall–Kier alpha value is -3.32. The van der Waals surface area contributed by atoms with E-state index in [1.807, 2.05) is 49.5 Å². The Morgan fingerprint density at radius 3 is 2.64 bits per heavy atom. The van der Waals surface area contributed by atoms with E-state index in [0.717, 1.165) is 16.5 Å². The van der Waals surface area contributed by atoms with Crippen LogP contribution in [-0.2, 0) is 30.3 Å². The van der Waals surface area contributed by atoms with Crippen molar-refractivity contribution in [2.45, 2.75) is 71.1 Å². The van der Waals surface area contributed by atoms with Crippen molar-refractivity contribution < 1.29 is 23.9 Å². The van der Waals surface area contributed by atoms with Crippen LogP contribution in [-0.4, -0.2) is 46.0 Å². The van der Waals surface area contributed by atoms with Crippen molar-refractivity contribution in [3.05, 3.63) is 59.8 Å². The van der Waals surface area contributed by atoms with E-state index in [2.05, 4.69) is 30.2 Å². The van der Waals surface area contributed by atoms with Crippen LogP contribution in [0.15, 0.2) is 54.3 Å². The first-order valence-electron chi connectivity index (χ1n) is 14.1. The van der Waals surface area contributed by atoms with E-state index >= 15 is 0 Å². The maximum atomic E-state index is 14.3. The maximum absolute atomic E-state index is 14.3. The highest BCUT2D eigenvalue weighted by Gasteiger charge is 2.78. The fourth-order valence-electron chi connectivity index (χ4n) is 7.84. The highest BCUT2D eigenvalue weighted by Crippen LogP contribution is 2.66. The number of aromatic amines is 1. The monoisotopic (exact) mass is 528 g/mol. The van der Waals surface area contributed by atoms with Gasteiger partial charge in [-0.15, -0.1) is 0 Å². The van der Waals surface area contributed by atoms with Crippen molar-refractivity contribution in [2.24, 2.45) is 29.1 Å². The molecule has 2 aliphatic heterocycles. The van der Waals surface area contributed by atoms with Crippen molar-refractivity contribution in [1.29, 1.82) is 0 Å². The zero-order chi connectivity index (χ0) is 27.7. The summed E-state index contributed by atoms with van der Waals surface area (Å²) in [7, 11) is 0. The van der Waals surface area contributed by atoms with Gasteiger partial charge in [0.2, 0.25) is 17.5 Å². The number of H-pyrrole nitrogens is 1. The molecule has 0 bridgehead atoms. The van der Waals surface area contributed by atoms with Crippen LogP contribution in [0.4, 0.5) is 0 Å². The SMILES string of the molecule is C/C1=C\[C@@H](C)C/C=C/[C@H]2[C@@H]3O[C@]3(C)[C@@H](C)[C@H]3[C@H](Cc4c[nH]c5ccccc45)NC(=O)[C@]32C(=O)CCC(=O)C1=O. The van der Waals surface area contributed by atoms with Crippen LogP contribution >= 0.6 is 0 Å². The van der Waals surface area contributed by atoms with Gasteiger partial charge in [-0.25, -0.2) is 0 Å². The van der Waals surface area contributed by atoms with Gasteiger partial charge in [-0.2, -0.15) is 0 Å². The highest BCUT2D eigenvalue weighted by molar-refractivity contribution is 6.43. The Balaban J connectivity index is 1.44. The number of para-hydroxylation sites is 1. The van der Waals surface area contributed by atoms with E-state index in [-0.39, 0.29) is 54.4 Å². The van der Waals surface area contributed by atoms with Crippen LogP contribution < -0.4 is 5.32 Å². The summed E-state index contributed by atoms with van der Waals surface area (Å²) in [6, 6.07) is 7.79. The smallest absolute Gasteiger partial charge is 0.235 e. The average molecular weight is 529 g/mol. The second kappa shape index (κ2) is 9.12. The van der Waals surface area contributed by atoms with Gasteiger partial charge in [0, 0.05) is 47.8 Å². The number of nitrogens with one attached hydrogen (secondary N) is 2. The number of carbonyl (C=O) groups excluding carboxylic acids is 4. The number of amides is 1. The molecule has 6 rings (SSSR count). The standard InChI is InChI=1S/C32H36N2O5/c1-17-8-7-10-22-29-31(4,39-29)19(3)27-24(15-20-16-33-23-11-6-5-9-21(20)23)34-30(38)32(22,27)26(36)13-12-25(35)28(37)18(2)14-17/h5-7,9-11,14,16-17,19,22,24,27,29,33H,8,12-13,15H2,1-4H3,(H,34,38)/b10-7+,18-14+/t17-,19-,22-,24-,27-,29-,31+,32+/m0/s1. The van der Waals surface area contributed by atoms with Gasteiger partial charge >= 0.3 is 0 Å². The minimum absolute atomic E-state index is 0.0299. The summed E-state index contributed by atoms with van der Waals surface area (Å²) in [5.74, 6) is -2.47. The van der Waals surface area contributed by atoms with E-state index in [1.165, 1.54) is 0 Å². The maximum Gasteiger partial charge on any atom is 0.235 e. The third-order valence-electron chi connectivity index (χ3n) is 9.99. The molecule has 1 amide bonds. The van der Waals surface area contributed by atoms with Crippen LogP contribution in [0.5, 0.6) is 0 Å². The predicted octanol–water partition coefficient (Wildman–Crippen LogP) is 4.26. The quantitative estimate of drug-likeness (QED) is 0.262. The molecule has 1 saturated carbocycles. The molecule has 1 aromatic carbocycles. The Morgan fingerprint density at radius 2 is 1.85 bits per heavy atom. The van der Waals surface area contributed by atoms with Crippen LogP contribution in [0, 0.1) is 29.1 Å². The van der Waals surface area contributed by atoms with E-state index in [1.54, 1.807) is 6.92 Å². The van der Waals surface area contributed by atoms with Crippen molar-refractivity contribution in [1.82, 2.24) is 10.3 Å². The molecular formula is C32H36N2O5. The van der Waals surface area contributed by atoms with Crippen molar-refractivity contribution in [2.75, 3.05) is 0 Å². The van der Waals surface area contributed by atoms with Gasteiger partial charge in [-0.1, -0.05) is 50.3 Å². The summed E-state index contributed by atoms with van der Waals surface area (Å²) in [5, 5.41) is 4.34. The van der Waals surface area contributed by atoms with Gasteiger partial charge in [0.05, 0.1) is 11.7 Å². The van der Waals surface area contributed by atoms with E-state index in [9.17, 15) is 19.2 Å². The van der Waals surface area contributed by atoms with Crippen LogP contribution in [0.25, 0.3) is 10.9 Å². The molecule has 39 heavy (non-hydrogen) atoms. The molecule has 7 nitrogen and oxygen atoms in total. The second-order valence-corrected chi connectivity index (χ2v) is 12.2. The summed E-state index contributed by atoms with van der Waals surface area (Å²) in [5.41, 5.74) is 0.739. The van der Waals surface area contributed by atoms with Crippen molar-refractivity contribution >= 4 is 34.2 Å². The van der Waals surface area contributed by atoms with Gasteiger partial charge in [0.25, 0.3) is 0 Å². The molecule has 4 aliphatic rings. The van der Waals surface area contributed by atoms with Gasteiger partial charge in [-0.3, -0.25) is 19.2 Å². The summed E-state index contributed by atoms with van der Waals surface area (Å²) in [6.07, 6.45) is 8.46. The second-order valence-electron chi connectivity index (χ2n) is 12.2. The fraction of sp³-hybridized carbons (Fsp3) is 0.500. The number of allylic oxidation sites excluding steroid dienone is 3. The number of fused-ring (bicyclic) bond motifs is 3. The first kappa shape index (κ1) is 25.9. The van der Waals surface area contributed by atoms with E-state index in [4.69, 9.17) is 4.74 Å². The molecule has 3 heterocycles. The van der Waals surface area contributed by atoms with Gasteiger partial charge in [0.1, 0.15) is 11.2 Å². The molecule has 204 valence electrons. The number of hydrogen-bond acceptors (Lipinski definition) is 5. The zero-order valence-electron chi connectivity index (χ0n) is 23.0. The lowest BCUT2D eigenvalue weighted by atomic mass is 9.51. The van der Waals surface area contributed by atoms with Gasteiger partial charge in [0.15, 0.2) is 0 Å². The summed E-state index contributed by atoms with van der Waals surface area (Å²) >= 11 is 0. The third-order valence-corrected chi connectivity index (χ3v) is 9.99. The molecular weight excluding hydrogens is 492 g/mol. The normalized spacial score (nSPS) is 40.8. The molecule has 2 N–H and O–H groups in total. The zero-order valence-corrected chi connectivity index (χ0v) is 23.0. The number of ketones is 3. The van der Waals surface area contributed by atoms with Crippen molar-refractivity contribution in [3.63, 3.8) is 0 Å². The Morgan fingerprint density at radius 1 is 1.08 bits per heavy atom. The summed E-state index contributed by atoms with van der Waals surface area (Å²) < 4.78 is 6.34. The summed E-state index contributed by atoms with van der Waals surface area (Å²) in [6.45, 7) is 7.83. The lowest BCUT2D eigenvalue weighted by Crippen LogP contribution is -2.58. The molecule has 0 radical (unpaired) electrons. The summed E-state index contributed by atoms with van der Waals surface area (Å²) in [4.78, 5) is 57.3. The highest BCUT2D eigenvalue weighted by atomic mass is 16.6. The number of carbonyl (C=O) groups is 4. The fourth-order valence-corrected chi connectivity index (χ4v) is 7.84. The number of rotatable bonds is 2. The first-order chi connectivity index (χ1) is 18.6. The van der Waals surface area contributed by atoms with Crippen LogP contribution in [0.3, 0.4) is 0 Å². The van der Waals surface area contributed by atoms with Gasteiger partial charge < -0.3 is 15.0 Å². The number of hydrogen-bond donors (Lipinski definition) is 2. The topological polar surface area (TPSA) is 109 Å². The number of epoxide rings is 1. The number of ether oxygens (including phenoxy) is 1. The minimum atomic E-state index is -1.35. The molecule has 3 fully saturated rings. The minimum Gasteiger partial charge on any atom is -0.365 e.